The van der Waals surface area contributed by atoms with Gasteiger partial charge < -0.3 is 9.29 Å². The van der Waals surface area contributed by atoms with Crippen molar-refractivity contribution >= 4 is 33.8 Å². The molecule has 86 valence electrons. The van der Waals surface area contributed by atoms with E-state index in [0.717, 1.165) is 9.36 Å². The van der Waals surface area contributed by atoms with Crippen LogP contribution in [-0.4, -0.2) is 25.2 Å². The zero-order valence-electron chi connectivity index (χ0n) is 8.26. The van der Waals surface area contributed by atoms with E-state index in [0.29, 0.717) is 23.8 Å². The predicted octanol–water partition coefficient (Wildman–Crippen LogP) is 1.90. The maximum Gasteiger partial charge on any atom is 0.128 e. The standard InChI is InChI=1S/C10H10ClNO3S/c11-5-7-15-10-3-1-2-9-8(10)4-6-12(9)16(13)14/h1-4,6H,5,7H2,(H,13,14)/p-1. The summed E-state index contributed by atoms with van der Waals surface area (Å²) in [5, 5.41) is 0.761. The first-order valence-corrected chi connectivity index (χ1v) is 6.19. The topological polar surface area (TPSA) is 54.3 Å². The lowest BCUT2D eigenvalue weighted by atomic mass is 10.2. The molecule has 1 heterocycles. The Hall–Kier alpha value is -1.04. The van der Waals surface area contributed by atoms with Gasteiger partial charge in [0.15, 0.2) is 0 Å². The van der Waals surface area contributed by atoms with E-state index < -0.39 is 11.3 Å². The second-order valence-corrected chi connectivity index (χ2v) is 4.29. The number of alkyl halides is 1. The van der Waals surface area contributed by atoms with Crippen molar-refractivity contribution in [1.29, 1.82) is 0 Å². The lowest BCUT2D eigenvalue weighted by molar-refractivity contribution is 0.347. The largest absolute Gasteiger partial charge is 0.755 e. The van der Waals surface area contributed by atoms with Gasteiger partial charge in [-0.05, 0) is 18.2 Å². The maximum absolute atomic E-state index is 10.9. The van der Waals surface area contributed by atoms with Crippen molar-refractivity contribution in [3.63, 3.8) is 0 Å². The lowest BCUT2D eigenvalue weighted by Gasteiger charge is -2.09. The molecule has 2 aromatic rings. The van der Waals surface area contributed by atoms with Gasteiger partial charge in [0.1, 0.15) is 12.4 Å². The zero-order chi connectivity index (χ0) is 11.5. The van der Waals surface area contributed by atoms with Crippen LogP contribution < -0.4 is 4.74 Å². The number of nitrogens with zero attached hydrogens (tertiary/aromatic N) is 1. The van der Waals surface area contributed by atoms with Gasteiger partial charge >= 0.3 is 0 Å². The summed E-state index contributed by atoms with van der Waals surface area (Å²) in [6.45, 7) is 0.395. The molecular formula is C10H9ClNO3S-. The highest BCUT2D eigenvalue weighted by Crippen LogP contribution is 2.26. The number of halogens is 1. The Balaban J connectivity index is 2.49. The average Bonchev–Trinajstić information content (AvgIpc) is 2.70. The highest BCUT2D eigenvalue weighted by Gasteiger charge is 2.06. The van der Waals surface area contributed by atoms with Crippen LogP contribution in [0.3, 0.4) is 0 Å². The van der Waals surface area contributed by atoms with Crippen LogP contribution in [0.5, 0.6) is 5.75 Å². The highest BCUT2D eigenvalue weighted by molar-refractivity contribution is 7.77. The lowest BCUT2D eigenvalue weighted by Crippen LogP contribution is -2.01. The Morgan fingerprint density at radius 2 is 2.25 bits per heavy atom. The fourth-order valence-electron chi connectivity index (χ4n) is 1.52. The quantitative estimate of drug-likeness (QED) is 0.622. The minimum absolute atomic E-state index is 0.393. The summed E-state index contributed by atoms with van der Waals surface area (Å²) < 4.78 is 28.4. The number of aromatic nitrogens is 1. The normalized spacial score (nSPS) is 12.9. The summed E-state index contributed by atoms with van der Waals surface area (Å²) in [6, 6.07) is 6.95. The minimum Gasteiger partial charge on any atom is -0.755 e. The molecule has 1 atom stereocenters. The van der Waals surface area contributed by atoms with E-state index in [-0.39, 0.29) is 0 Å². The Morgan fingerprint density at radius 1 is 1.44 bits per heavy atom. The van der Waals surface area contributed by atoms with Gasteiger partial charge in [-0.1, -0.05) is 6.07 Å². The van der Waals surface area contributed by atoms with E-state index in [4.69, 9.17) is 16.3 Å². The molecular weight excluding hydrogens is 250 g/mol. The summed E-state index contributed by atoms with van der Waals surface area (Å²) in [4.78, 5) is 0. The molecule has 0 spiro atoms. The average molecular weight is 259 g/mol. The van der Waals surface area contributed by atoms with Gasteiger partial charge in [-0.3, -0.25) is 8.18 Å². The molecule has 1 aromatic carbocycles. The van der Waals surface area contributed by atoms with E-state index in [1.165, 1.54) is 6.20 Å². The molecule has 1 unspecified atom stereocenters. The van der Waals surface area contributed by atoms with Crippen LogP contribution in [0.15, 0.2) is 30.5 Å². The molecule has 0 aliphatic rings. The molecule has 0 fully saturated rings. The zero-order valence-corrected chi connectivity index (χ0v) is 9.83. The first-order chi connectivity index (χ1) is 7.74. The molecule has 1 aromatic heterocycles. The van der Waals surface area contributed by atoms with Crippen molar-refractivity contribution in [2.24, 2.45) is 0 Å². The molecule has 0 bridgehead atoms. The Bertz CT molecular complexity index is 526. The molecule has 0 amide bonds. The van der Waals surface area contributed by atoms with Gasteiger partial charge in [0.05, 0.1) is 22.7 Å². The number of rotatable bonds is 4. The van der Waals surface area contributed by atoms with Gasteiger partial charge in [0, 0.05) is 11.6 Å². The van der Waals surface area contributed by atoms with E-state index in [9.17, 15) is 8.76 Å². The number of hydrogen-bond acceptors (Lipinski definition) is 3. The van der Waals surface area contributed by atoms with Gasteiger partial charge in [0.2, 0.25) is 0 Å². The van der Waals surface area contributed by atoms with Crippen molar-refractivity contribution in [3.8, 4) is 5.75 Å². The molecule has 0 aliphatic carbocycles. The molecule has 2 rings (SSSR count). The predicted molar refractivity (Wildman–Crippen MR) is 62.5 cm³/mol. The molecule has 0 N–H and O–H groups in total. The molecule has 16 heavy (non-hydrogen) atoms. The van der Waals surface area contributed by atoms with Gasteiger partial charge in [0.25, 0.3) is 0 Å². The maximum atomic E-state index is 10.9. The minimum atomic E-state index is -2.30. The fourth-order valence-corrected chi connectivity index (χ4v) is 2.08. The number of fused-ring (bicyclic) bond motifs is 1. The van der Waals surface area contributed by atoms with E-state index in [2.05, 4.69) is 0 Å². The van der Waals surface area contributed by atoms with Gasteiger partial charge in [-0.2, -0.15) is 0 Å². The van der Waals surface area contributed by atoms with E-state index in [1.54, 1.807) is 24.3 Å². The van der Waals surface area contributed by atoms with Crippen LogP contribution >= 0.6 is 11.6 Å². The smallest absolute Gasteiger partial charge is 0.128 e. The van der Waals surface area contributed by atoms with Crippen LogP contribution in [0.4, 0.5) is 0 Å². The third kappa shape index (κ3) is 2.07. The van der Waals surface area contributed by atoms with Crippen LogP contribution in [-0.2, 0) is 11.3 Å². The third-order valence-corrected chi connectivity index (χ3v) is 2.95. The second-order valence-electron chi connectivity index (χ2n) is 3.09. The van der Waals surface area contributed by atoms with Crippen LogP contribution in [0.2, 0.25) is 0 Å². The third-order valence-electron chi connectivity index (χ3n) is 2.15. The van der Waals surface area contributed by atoms with E-state index >= 15 is 0 Å². The molecule has 0 aliphatic heterocycles. The Labute approximate surface area is 100 Å². The van der Waals surface area contributed by atoms with Crippen LogP contribution in [0.1, 0.15) is 0 Å². The second kappa shape index (κ2) is 4.86. The Kier molecular flexibility index (Phi) is 3.48. The monoisotopic (exact) mass is 258 g/mol. The number of ether oxygens (including phenoxy) is 1. The van der Waals surface area contributed by atoms with E-state index in [1.807, 2.05) is 0 Å². The molecule has 4 nitrogen and oxygen atoms in total. The molecule has 0 saturated heterocycles. The first kappa shape index (κ1) is 11.4. The fraction of sp³-hybridized carbons (Fsp3) is 0.200. The summed E-state index contributed by atoms with van der Waals surface area (Å²) >= 11 is 3.23. The number of hydrogen-bond donors (Lipinski definition) is 0. The highest BCUT2D eigenvalue weighted by atomic mass is 35.5. The first-order valence-electron chi connectivity index (χ1n) is 4.62. The van der Waals surface area contributed by atoms with Crippen molar-refractivity contribution in [1.82, 2.24) is 3.97 Å². The van der Waals surface area contributed by atoms with Crippen molar-refractivity contribution in [2.75, 3.05) is 12.5 Å². The van der Waals surface area contributed by atoms with Crippen molar-refractivity contribution < 1.29 is 13.5 Å². The SMILES string of the molecule is O=S([O-])n1ccc2c(OCCCl)cccc21. The summed E-state index contributed by atoms with van der Waals surface area (Å²) in [5.74, 6) is 1.03. The van der Waals surface area contributed by atoms with Crippen LogP contribution in [0.25, 0.3) is 10.9 Å². The number of benzene rings is 1. The summed E-state index contributed by atoms with van der Waals surface area (Å²) in [5.41, 5.74) is 0.598. The Morgan fingerprint density at radius 3 is 2.94 bits per heavy atom. The van der Waals surface area contributed by atoms with Crippen molar-refractivity contribution in [2.45, 2.75) is 0 Å². The molecule has 0 radical (unpaired) electrons. The molecule has 6 heteroatoms. The summed E-state index contributed by atoms with van der Waals surface area (Å²) in [6.07, 6.45) is 1.49. The van der Waals surface area contributed by atoms with Crippen LogP contribution in [0, 0.1) is 0 Å². The van der Waals surface area contributed by atoms with Crippen molar-refractivity contribution in [3.05, 3.63) is 30.5 Å². The van der Waals surface area contributed by atoms with Gasteiger partial charge in [-0.15, -0.1) is 11.6 Å². The van der Waals surface area contributed by atoms with Gasteiger partial charge in [-0.25, -0.2) is 0 Å². The summed E-state index contributed by atoms with van der Waals surface area (Å²) in [7, 11) is 0. The molecule has 0 saturated carbocycles.